The number of carbonyl (C=O) groups excluding carboxylic acids is 2. The Morgan fingerprint density at radius 2 is 1.63 bits per heavy atom. The second-order valence-electron chi connectivity index (χ2n) is 13.9. The SMILES string of the molecule is C[C@@H](CN1CCC(c2ccc3c(N4CCC(=O)NC4=O)nn(C)c3c2)CC1)Oc1ccc(S(=O)(=O)N2CCC(Nc3ncc(OC(F)F)cn3)CC2)cc1. The Kier molecular flexibility index (Phi) is 10.9. The van der Waals surface area contributed by atoms with Gasteiger partial charge in [-0.05, 0) is 93.6 Å². The molecule has 54 heavy (non-hydrogen) atoms. The fraction of sp³-hybridized carbons (Fsp3) is 0.472. The zero-order valence-electron chi connectivity index (χ0n) is 30.0. The number of hydrogen-bond donors (Lipinski definition) is 2. The highest BCUT2D eigenvalue weighted by Crippen LogP contribution is 2.34. The smallest absolute Gasteiger partial charge is 0.387 e. The van der Waals surface area contributed by atoms with Crippen molar-refractivity contribution in [1.29, 1.82) is 0 Å². The van der Waals surface area contributed by atoms with Crippen LogP contribution in [0.4, 0.5) is 25.3 Å². The van der Waals surface area contributed by atoms with E-state index in [1.807, 2.05) is 20.0 Å². The molecule has 2 aromatic carbocycles. The maximum atomic E-state index is 13.4. The molecular weight excluding hydrogens is 725 g/mol. The summed E-state index contributed by atoms with van der Waals surface area (Å²) in [6.07, 6.45) is 5.48. The van der Waals surface area contributed by atoms with Crippen molar-refractivity contribution in [1.82, 2.24) is 34.3 Å². The van der Waals surface area contributed by atoms with E-state index in [0.717, 1.165) is 55.8 Å². The summed E-state index contributed by atoms with van der Waals surface area (Å²) in [5.74, 6) is 1.38. The van der Waals surface area contributed by atoms with Crippen LogP contribution < -0.4 is 25.0 Å². The van der Waals surface area contributed by atoms with Crippen LogP contribution in [0.2, 0.25) is 0 Å². The molecule has 2 N–H and O–H groups in total. The number of nitrogens with zero attached hydrogens (tertiary/aromatic N) is 7. The molecule has 3 aliphatic heterocycles. The zero-order valence-corrected chi connectivity index (χ0v) is 30.8. The number of benzene rings is 2. The number of nitrogens with one attached hydrogen (secondary N) is 2. The lowest BCUT2D eigenvalue weighted by Gasteiger charge is -2.34. The fourth-order valence-electron chi connectivity index (χ4n) is 7.37. The molecule has 5 heterocycles. The Morgan fingerprint density at radius 1 is 0.926 bits per heavy atom. The molecule has 0 unspecified atom stereocenters. The van der Waals surface area contributed by atoms with Crippen LogP contribution in [0.1, 0.15) is 50.5 Å². The van der Waals surface area contributed by atoms with Crippen molar-refractivity contribution in [2.24, 2.45) is 7.05 Å². The van der Waals surface area contributed by atoms with Gasteiger partial charge in [0.25, 0.3) is 0 Å². The Bertz CT molecular complexity index is 2070. The summed E-state index contributed by atoms with van der Waals surface area (Å²) in [7, 11) is -1.84. The first-order valence-electron chi connectivity index (χ1n) is 18.0. The molecule has 0 radical (unpaired) electrons. The summed E-state index contributed by atoms with van der Waals surface area (Å²) in [6.45, 7) is 2.52. The number of amides is 3. The van der Waals surface area contributed by atoms with Gasteiger partial charge in [-0.1, -0.05) is 6.07 Å². The highest BCUT2D eigenvalue weighted by Gasteiger charge is 2.31. The molecule has 1 atom stereocenters. The topological polar surface area (TPSA) is 164 Å². The molecule has 288 valence electrons. The minimum Gasteiger partial charge on any atom is -0.489 e. The number of hydrogen-bond acceptors (Lipinski definition) is 11. The van der Waals surface area contributed by atoms with Gasteiger partial charge in [-0.25, -0.2) is 23.2 Å². The van der Waals surface area contributed by atoms with Gasteiger partial charge in [0.15, 0.2) is 11.6 Å². The van der Waals surface area contributed by atoms with Crippen LogP contribution in [0.25, 0.3) is 10.9 Å². The first kappa shape index (κ1) is 37.4. The van der Waals surface area contributed by atoms with E-state index in [0.29, 0.717) is 50.0 Å². The Labute approximate surface area is 311 Å². The van der Waals surface area contributed by atoms with Gasteiger partial charge >= 0.3 is 12.6 Å². The maximum Gasteiger partial charge on any atom is 0.387 e. The molecule has 0 bridgehead atoms. The van der Waals surface area contributed by atoms with Gasteiger partial charge in [-0.2, -0.15) is 18.2 Å². The normalized spacial score (nSPS) is 18.9. The predicted molar refractivity (Wildman–Crippen MR) is 195 cm³/mol. The number of urea groups is 1. The van der Waals surface area contributed by atoms with Crippen molar-refractivity contribution in [2.45, 2.75) is 68.6 Å². The van der Waals surface area contributed by atoms with Gasteiger partial charge < -0.3 is 14.8 Å². The number of aromatic nitrogens is 4. The summed E-state index contributed by atoms with van der Waals surface area (Å²) in [5.41, 5.74) is 2.17. The van der Waals surface area contributed by atoms with E-state index in [1.165, 1.54) is 14.8 Å². The average molecular weight is 768 g/mol. The molecule has 3 aliphatic rings. The summed E-state index contributed by atoms with van der Waals surface area (Å²) in [6, 6.07) is 12.3. The zero-order chi connectivity index (χ0) is 38.0. The van der Waals surface area contributed by atoms with Crippen LogP contribution in [0.15, 0.2) is 59.8 Å². The van der Waals surface area contributed by atoms with Crippen molar-refractivity contribution in [3.05, 3.63) is 60.4 Å². The molecule has 18 heteroatoms. The molecule has 15 nitrogen and oxygen atoms in total. The second kappa shape index (κ2) is 15.8. The number of imide groups is 1. The van der Waals surface area contributed by atoms with Crippen molar-refractivity contribution in [3.63, 3.8) is 0 Å². The predicted octanol–water partition coefficient (Wildman–Crippen LogP) is 4.32. The highest BCUT2D eigenvalue weighted by molar-refractivity contribution is 7.89. The standard InChI is InChI=1S/C36H43F2N9O6S/c1-23(22-45-14-9-24(10-15-45)25-3-8-30-31(19-25)44(2)43-33(30)47-18-13-32(48)42-36(47)49)52-27-4-6-29(7-5-27)54(50,51)46-16-11-26(12-17-46)41-35-39-20-28(21-40-35)53-34(37)38/h3-8,19-21,23-24,26,34H,9-18,22H2,1-2H3,(H,39,40,41)(H,42,48,49)/t23-/m0/s1. The lowest BCUT2D eigenvalue weighted by Crippen LogP contribution is -2.49. The van der Waals surface area contributed by atoms with E-state index in [1.54, 1.807) is 28.9 Å². The third kappa shape index (κ3) is 8.39. The van der Waals surface area contributed by atoms with E-state index in [4.69, 9.17) is 4.74 Å². The number of rotatable bonds is 12. The highest BCUT2D eigenvalue weighted by atomic mass is 32.2. The molecule has 0 aliphatic carbocycles. The van der Waals surface area contributed by atoms with E-state index < -0.39 is 22.7 Å². The van der Waals surface area contributed by atoms with Gasteiger partial charge in [0, 0.05) is 51.1 Å². The summed E-state index contributed by atoms with van der Waals surface area (Å²) in [5, 5.41) is 11.0. The largest absolute Gasteiger partial charge is 0.489 e. The summed E-state index contributed by atoms with van der Waals surface area (Å²) in [4.78, 5) is 36.2. The van der Waals surface area contributed by atoms with Crippen LogP contribution in [-0.2, 0) is 21.9 Å². The number of halogens is 2. The first-order chi connectivity index (χ1) is 25.9. The molecule has 0 saturated carbocycles. The number of aryl methyl sites for hydroxylation is 1. The fourth-order valence-corrected chi connectivity index (χ4v) is 8.84. The summed E-state index contributed by atoms with van der Waals surface area (Å²) < 4.78 is 65.2. The molecule has 7 rings (SSSR count). The van der Waals surface area contributed by atoms with Crippen molar-refractivity contribution >= 4 is 44.6 Å². The number of ether oxygens (including phenoxy) is 2. The lowest BCUT2D eigenvalue weighted by atomic mass is 9.89. The first-order valence-corrected chi connectivity index (χ1v) is 19.5. The second-order valence-corrected chi connectivity index (χ2v) is 15.8. The van der Waals surface area contributed by atoms with E-state index in [-0.39, 0.29) is 41.1 Å². The molecule has 3 fully saturated rings. The van der Waals surface area contributed by atoms with E-state index >= 15 is 0 Å². The maximum absolute atomic E-state index is 13.4. The van der Waals surface area contributed by atoms with E-state index in [9.17, 15) is 26.8 Å². The van der Waals surface area contributed by atoms with Crippen LogP contribution >= 0.6 is 0 Å². The number of anilines is 2. The number of fused-ring (bicyclic) bond motifs is 1. The Morgan fingerprint density at radius 3 is 2.30 bits per heavy atom. The van der Waals surface area contributed by atoms with Crippen LogP contribution in [-0.4, -0.2) is 107 Å². The summed E-state index contributed by atoms with van der Waals surface area (Å²) >= 11 is 0. The van der Waals surface area contributed by atoms with Crippen LogP contribution in [0.3, 0.4) is 0 Å². The Hall–Kier alpha value is -4.94. The van der Waals surface area contributed by atoms with Crippen molar-refractivity contribution < 1.29 is 36.3 Å². The van der Waals surface area contributed by atoms with Gasteiger partial charge in [0.2, 0.25) is 21.9 Å². The number of piperidine rings is 2. The van der Waals surface area contributed by atoms with Crippen LogP contribution in [0.5, 0.6) is 11.5 Å². The monoisotopic (exact) mass is 767 g/mol. The van der Waals surface area contributed by atoms with Crippen molar-refractivity contribution in [3.8, 4) is 11.5 Å². The minimum absolute atomic E-state index is 0.0713. The van der Waals surface area contributed by atoms with Gasteiger partial charge in [-0.15, -0.1) is 0 Å². The minimum atomic E-state index is -3.71. The Balaban J connectivity index is 0.866. The van der Waals surface area contributed by atoms with Crippen molar-refractivity contribution in [2.75, 3.05) is 49.5 Å². The van der Waals surface area contributed by atoms with Gasteiger partial charge in [0.1, 0.15) is 11.9 Å². The molecule has 2 aromatic heterocycles. The number of alkyl halides is 2. The van der Waals surface area contributed by atoms with E-state index in [2.05, 4.69) is 47.5 Å². The molecule has 0 spiro atoms. The van der Waals surface area contributed by atoms with Crippen LogP contribution in [0, 0.1) is 0 Å². The van der Waals surface area contributed by atoms with Gasteiger partial charge in [-0.3, -0.25) is 24.6 Å². The third-order valence-electron chi connectivity index (χ3n) is 10.2. The molecule has 3 amide bonds. The molecule has 3 saturated heterocycles. The lowest BCUT2D eigenvalue weighted by molar-refractivity contribution is -0.120. The quantitative estimate of drug-likeness (QED) is 0.211. The third-order valence-corrected chi connectivity index (χ3v) is 12.1. The average Bonchev–Trinajstić information content (AvgIpc) is 3.48. The number of likely N-dealkylation sites (tertiary alicyclic amines) is 1. The molecular formula is C36H43F2N9O6S. The number of carbonyl (C=O) groups is 2. The molecule has 4 aromatic rings. The van der Waals surface area contributed by atoms with Gasteiger partial charge in [0.05, 0.1) is 22.8 Å². The number of sulfonamides is 1.